The van der Waals surface area contributed by atoms with Gasteiger partial charge < -0.3 is 5.73 Å². The molecular formula is C13H19N. The minimum absolute atomic E-state index is 0.248. The molecule has 0 heterocycles. The number of hydrogen-bond donors (Lipinski definition) is 1. The van der Waals surface area contributed by atoms with E-state index in [0.717, 1.165) is 6.42 Å². The topological polar surface area (TPSA) is 26.0 Å². The Labute approximate surface area is 86.3 Å². The van der Waals surface area contributed by atoms with E-state index in [2.05, 4.69) is 39.0 Å². The van der Waals surface area contributed by atoms with Crippen LogP contribution < -0.4 is 5.73 Å². The predicted molar refractivity (Wildman–Crippen MR) is 60.4 cm³/mol. The molecule has 0 fully saturated rings. The Morgan fingerprint density at radius 2 is 2.07 bits per heavy atom. The average molecular weight is 189 g/mol. The molecule has 0 aliphatic heterocycles. The zero-order chi connectivity index (χ0) is 10.3. The minimum atomic E-state index is 0.248. The van der Waals surface area contributed by atoms with Crippen LogP contribution in [0.1, 0.15) is 49.4 Å². The van der Waals surface area contributed by atoms with Gasteiger partial charge in [-0.1, -0.05) is 32.0 Å². The molecule has 1 aliphatic rings. The lowest BCUT2D eigenvalue weighted by molar-refractivity contribution is 0.394. The van der Waals surface area contributed by atoms with Crippen molar-refractivity contribution in [3.63, 3.8) is 0 Å². The van der Waals surface area contributed by atoms with Crippen LogP contribution in [0.15, 0.2) is 18.2 Å². The van der Waals surface area contributed by atoms with Crippen molar-refractivity contribution in [2.24, 2.45) is 5.73 Å². The van der Waals surface area contributed by atoms with E-state index >= 15 is 0 Å². The minimum Gasteiger partial charge on any atom is -0.324 e. The lowest BCUT2D eigenvalue weighted by atomic mass is 9.69. The summed E-state index contributed by atoms with van der Waals surface area (Å²) in [5.74, 6) is 0. The summed E-state index contributed by atoms with van der Waals surface area (Å²) in [7, 11) is 0. The maximum atomic E-state index is 6.14. The summed E-state index contributed by atoms with van der Waals surface area (Å²) in [5, 5.41) is 0. The Kier molecular flexibility index (Phi) is 2.15. The second kappa shape index (κ2) is 3.09. The second-order valence-electron chi connectivity index (χ2n) is 5.07. The molecule has 76 valence electrons. The smallest absolute Gasteiger partial charge is 0.0298 e. The fraction of sp³-hybridized carbons (Fsp3) is 0.538. The van der Waals surface area contributed by atoms with Gasteiger partial charge in [0, 0.05) is 6.04 Å². The Morgan fingerprint density at radius 1 is 1.36 bits per heavy atom. The number of benzene rings is 1. The van der Waals surface area contributed by atoms with Gasteiger partial charge in [0.1, 0.15) is 0 Å². The van der Waals surface area contributed by atoms with Crippen LogP contribution in [0, 0.1) is 6.92 Å². The molecule has 0 radical (unpaired) electrons. The molecule has 1 unspecified atom stereocenters. The van der Waals surface area contributed by atoms with Crippen molar-refractivity contribution in [1.29, 1.82) is 0 Å². The van der Waals surface area contributed by atoms with Crippen LogP contribution in [0.4, 0.5) is 0 Å². The van der Waals surface area contributed by atoms with Gasteiger partial charge >= 0.3 is 0 Å². The summed E-state index contributed by atoms with van der Waals surface area (Å²) in [4.78, 5) is 0. The fourth-order valence-corrected chi connectivity index (χ4v) is 2.72. The van der Waals surface area contributed by atoms with Gasteiger partial charge in [0.05, 0.1) is 0 Å². The van der Waals surface area contributed by atoms with Crippen LogP contribution in [0.2, 0.25) is 0 Å². The standard InChI is InChI=1S/C13H19N/c1-9-5-4-6-10-11(14)7-8-13(2,3)12(9)10/h4-6,11H,7-8,14H2,1-3H3. The third kappa shape index (κ3) is 1.36. The Balaban J connectivity index is 2.64. The van der Waals surface area contributed by atoms with Gasteiger partial charge in [-0.05, 0) is 41.9 Å². The molecule has 1 aliphatic carbocycles. The molecule has 0 bridgehead atoms. The SMILES string of the molecule is Cc1cccc2c1C(C)(C)CCC2N. The monoisotopic (exact) mass is 189 g/mol. The summed E-state index contributed by atoms with van der Waals surface area (Å²) in [6, 6.07) is 6.75. The lowest BCUT2D eigenvalue weighted by Crippen LogP contribution is -2.30. The average Bonchev–Trinajstić information content (AvgIpc) is 2.12. The van der Waals surface area contributed by atoms with E-state index in [1.165, 1.54) is 23.1 Å². The number of rotatable bonds is 0. The van der Waals surface area contributed by atoms with Crippen molar-refractivity contribution in [2.75, 3.05) is 0 Å². The van der Waals surface area contributed by atoms with Gasteiger partial charge in [-0.15, -0.1) is 0 Å². The fourth-order valence-electron chi connectivity index (χ4n) is 2.72. The third-order valence-corrected chi connectivity index (χ3v) is 3.46. The molecule has 0 spiro atoms. The number of fused-ring (bicyclic) bond motifs is 1. The molecule has 2 N–H and O–H groups in total. The van der Waals surface area contributed by atoms with E-state index in [1.54, 1.807) is 0 Å². The van der Waals surface area contributed by atoms with Gasteiger partial charge in [-0.3, -0.25) is 0 Å². The number of nitrogens with two attached hydrogens (primary N) is 1. The van der Waals surface area contributed by atoms with Gasteiger partial charge in [0.25, 0.3) is 0 Å². The van der Waals surface area contributed by atoms with Crippen LogP contribution in [-0.2, 0) is 5.41 Å². The second-order valence-corrected chi connectivity index (χ2v) is 5.07. The first-order valence-corrected chi connectivity index (χ1v) is 5.38. The van der Waals surface area contributed by atoms with Crippen molar-refractivity contribution in [1.82, 2.24) is 0 Å². The van der Waals surface area contributed by atoms with Gasteiger partial charge in [-0.25, -0.2) is 0 Å². The van der Waals surface area contributed by atoms with E-state index in [-0.39, 0.29) is 6.04 Å². The third-order valence-electron chi connectivity index (χ3n) is 3.46. The van der Waals surface area contributed by atoms with E-state index in [4.69, 9.17) is 5.73 Å². The van der Waals surface area contributed by atoms with Crippen LogP contribution in [0.5, 0.6) is 0 Å². The Morgan fingerprint density at radius 3 is 2.71 bits per heavy atom. The summed E-state index contributed by atoms with van der Waals surface area (Å²) < 4.78 is 0. The van der Waals surface area contributed by atoms with Crippen LogP contribution in [0.25, 0.3) is 0 Å². The van der Waals surface area contributed by atoms with E-state index in [1.807, 2.05) is 0 Å². The Hall–Kier alpha value is -0.820. The highest BCUT2D eigenvalue weighted by Gasteiger charge is 2.31. The van der Waals surface area contributed by atoms with Crippen molar-refractivity contribution in [2.45, 2.75) is 45.1 Å². The zero-order valence-corrected chi connectivity index (χ0v) is 9.30. The molecule has 2 rings (SSSR count). The van der Waals surface area contributed by atoms with Crippen molar-refractivity contribution >= 4 is 0 Å². The van der Waals surface area contributed by atoms with Crippen molar-refractivity contribution < 1.29 is 0 Å². The van der Waals surface area contributed by atoms with E-state index in [0.29, 0.717) is 5.41 Å². The van der Waals surface area contributed by atoms with Gasteiger partial charge in [0.15, 0.2) is 0 Å². The van der Waals surface area contributed by atoms with Gasteiger partial charge in [0.2, 0.25) is 0 Å². The molecule has 1 heteroatoms. The summed E-state index contributed by atoms with van der Waals surface area (Å²) in [6.07, 6.45) is 2.31. The molecule has 0 saturated carbocycles. The first-order chi connectivity index (χ1) is 6.52. The highest BCUT2D eigenvalue weighted by atomic mass is 14.6. The summed E-state index contributed by atoms with van der Waals surface area (Å²) in [5.41, 5.74) is 10.7. The predicted octanol–water partition coefficient (Wildman–Crippen LogP) is 3.07. The van der Waals surface area contributed by atoms with Crippen LogP contribution in [-0.4, -0.2) is 0 Å². The molecular weight excluding hydrogens is 170 g/mol. The quantitative estimate of drug-likeness (QED) is 0.667. The lowest BCUT2D eigenvalue weighted by Gasteiger charge is -2.37. The molecule has 0 saturated heterocycles. The highest BCUT2D eigenvalue weighted by Crippen LogP contribution is 2.41. The molecule has 1 nitrogen and oxygen atoms in total. The van der Waals surface area contributed by atoms with Crippen molar-refractivity contribution in [3.8, 4) is 0 Å². The molecule has 0 aromatic heterocycles. The van der Waals surface area contributed by atoms with E-state index < -0.39 is 0 Å². The number of aryl methyl sites for hydroxylation is 1. The molecule has 0 amide bonds. The normalized spacial score (nSPS) is 24.4. The number of hydrogen-bond acceptors (Lipinski definition) is 1. The molecule has 1 aromatic carbocycles. The van der Waals surface area contributed by atoms with Crippen LogP contribution in [0.3, 0.4) is 0 Å². The molecule has 1 aromatic rings. The molecule has 1 atom stereocenters. The van der Waals surface area contributed by atoms with E-state index in [9.17, 15) is 0 Å². The molecule has 14 heavy (non-hydrogen) atoms. The zero-order valence-electron chi connectivity index (χ0n) is 9.30. The highest BCUT2D eigenvalue weighted by molar-refractivity contribution is 5.43. The Bertz CT molecular complexity index is 352. The largest absolute Gasteiger partial charge is 0.324 e. The maximum Gasteiger partial charge on any atom is 0.0298 e. The summed E-state index contributed by atoms with van der Waals surface area (Å²) >= 11 is 0. The van der Waals surface area contributed by atoms with Crippen LogP contribution >= 0.6 is 0 Å². The maximum absolute atomic E-state index is 6.14. The van der Waals surface area contributed by atoms with Crippen molar-refractivity contribution in [3.05, 3.63) is 34.9 Å². The first-order valence-electron chi connectivity index (χ1n) is 5.38. The summed E-state index contributed by atoms with van der Waals surface area (Å²) in [6.45, 7) is 6.84. The van der Waals surface area contributed by atoms with Gasteiger partial charge in [-0.2, -0.15) is 0 Å². The first kappa shape index (κ1) is 9.72.